The van der Waals surface area contributed by atoms with Crippen LogP contribution in [0, 0.1) is 5.92 Å². The molecule has 0 spiro atoms. The van der Waals surface area contributed by atoms with Crippen molar-refractivity contribution >= 4 is 10.9 Å². The maximum atomic E-state index is 5.94. The topological polar surface area (TPSA) is 50.9 Å². The molecule has 3 nitrogen and oxygen atoms in total. The van der Waals surface area contributed by atoms with E-state index in [1.165, 1.54) is 30.2 Å². The predicted molar refractivity (Wildman–Crippen MR) is 78.9 cm³/mol. The van der Waals surface area contributed by atoms with E-state index in [4.69, 9.17) is 5.73 Å². The molecule has 3 N–H and O–H groups in total. The highest BCUT2D eigenvalue weighted by molar-refractivity contribution is 5.82. The van der Waals surface area contributed by atoms with E-state index in [0.29, 0.717) is 6.54 Å². The molecule has 2 aromatic rings. The summed E-state index contributed by atoms with van der Waals surface area (Å²) in [4.78, 5) is 4.51. The minimum Gasteiger partial charge on any atom is -0.329 e. The number of para-hydroxylation sites is 1. The summed E-state index contributed by atoms with van der Waals surface area (Å²) in [5, 5.41) is 4.77. The third-order valence-corrected chi connectivity index (χ3v) is 3.92. The largest absolute Gasteiger partial charge is 0.329 e. The fourth-order valence-electron chi connectivity index (χ4n) is 2.60. The van der Waals surface area contributed by atoms with E-state index in [1.807, 2.05) is 12.3 Å². The van der Waals surface area contributed by atoms with Gasteiger partial charge in [-0.05, 0) is 30.5 Å². The first-order valence-corrected chi connectivity index (χ1v) is 7.15. The number of fused-ring (bicyclic) bond motifs is 1. The van der Waals surface area contributed by atoms with Gasteiger partial charge in [0.25, 0.3) is 0 Å². The molecule has 3 heteroatoms. The molecule has 0 aliphatic heterocycles. The van der Waals surface area contributed by atoms with Crippen LogP contribution in [0.15, 0.2) is 36.5 Å². The molecule has 1 aromatic carbocycles. The molecule has 1 fully saturated rings. The zero-order valence-electron chi connectivity index (χ0n) is 11.2. The van der Waals surface area contributed by atoms with Crippen molar-refractivity contribution in [2.45, 2.75) is 25.3 Å². The zero-order chi connectivity index (χ0) is 13.1. The second kappa shape index (κ2) is 5.68. The summed E-state index contributed by atoms with van der Waals surface area (Å²) in [6, 6.07) is 10.6. The summed E-state index contributed by atoms with van der Waals surface area (Å²) in [7, 11) is 0. The van der Waals surface area contributed by atoms with Crippen LogP contribution in [0.2, 0.25) is 0 Å². The molecule has 1 unspecified atom stereocenters. The van der Waals surface area contributed by atoms with Gasteiger partial charge in [0.05, 0.1) is 5.52 Å². The third kappa shape index (κ3) is 2.94. The molecule has 1 heterocycles. The van der Waals surface area contributed by atoms with Crippen LogP contribution in [0.3, 0.4) is 0 Å². The number of pyridine rings is 1. The van der Waals surface area contributed by atoms with Gasteiger partial charge >= 0.3 is 0 Å². The summed E-state index contributed by atoms with van der Waals surface area (Å²) in [6.07, 6.45) is 5.94. The smallest absolute Gasteiger partial charge is 0.0750 e. The van der Waals surface area contributed by atoms with Crippen molar-refractivity contribution in [3.8, 4) is 0 Å². The number of nitrogens with one attached hydrogen (secondary N) is 1. The molecule has 1 atom stereocenters. The van der Waals surface area contributed by atoms with Crippen LogP contribution in [0.1, 0.15) is 30.9 Å². The van der Waals surface area contributed by atoms with E-state index in [2.05, 4.69) is 34.6 Å². The van der Waals surface area contributed by atoms with E-state index in [1.54, 1.807) is 0 Å². The standard InChI is InChI=1S/C16H21N3/c17-11-15(18-10-8-12-6-7-12)14-5-1-3-13-4-2-9-19-16(13)14/h1-5,9,12,15,18H,6-8,10-11,17H2. The van der Waals surface area contributed by atoms with Crippen LogP contribution in [0.4, 0.5) is 0 Å². The fourth-order valence-corrected chi connectivity index (χ4v) is 2.60. The molecular weight excluding hydrogens is 234 g/mol. The summed E-state index contributed by atoms with van der Waals surface area (Å²) >= 11 is 0. The Morgan fingerprint density at radius 2 is 2.11 bits per heavy atom. The second-order valence-corrected chi connectivity index (χ2v) is 5.40. The van der Waals surface area contributed by atoms with Gasteiger partial charge in [-0.3, -0.25) is 4.98 Å². The molecule has 1 aliphatic carbocycles. The quantitative estimate of drug-likeness (QED) is 0.834. The first kappa shape index (κ1) is 12.6. The van der Waals surface area contributed by atoms with Crippen molar-refractivity contribution in [1.29, 1.82) is 0 Å². The average Bonchev–Trinajstić information content (AvgIpc) is 3.27. The summed E-state index contributed by atoms with van der Waals surface area (Å²) < 4.78 is 0. The molecular formula is C16H21N3. The van der Waals surface area contributed by atoms with Gasteiger partial charge in [-0.2, -0.15) is 0 Å². The maximum Gasteiger partial charge on any atom is 0.0750 e. The summed E-state index contributed by atoms with van der Waals surface area (Å²) in [5.41, 5.74) is 8.23. The Morgan fingerprint density at radius 1 is 1.26 bits per heavy atom. The Morgan fingerprint density at radius 3 is 2.89 bits per heavy atom. The number of aromatic nitrogens is 1. The van der Waals surface area contributed by atoms with Gasteiger partial charge in [0.1, 0.15) is 0 Å². The first-order chi connectivity index (χ1) is 9.38. The van der Waals surface area contributed by atoms with Crippen molar-refractivity contribution in [1.82, 2.24) is 10.3 Å². The van der Waals surface area contributed by atoms with Crippen LogP contribution in [0.25, 0.3) is 10.9 Å². The van der Waals surface area contributed by atoms with Crippen LogP contribution < -0.4 is 11.1 Å². The van der Waals surface area contributed by atoms with Crippen LogP contribution in [0.5, 0.6) is 0 Å². The Labute approximate surface area is 114 Å². The lowest BCUT2D eigenvalue weighted by atomic mass is 10.0. The van der Waals surface area contributed by atoms with Gasteiger partial charge in [0.2, 0.25) is 0 Å². The highest BCUT2D eigenvalue weighted by Crippen LogP contribution is 2.32. The summed E-state index contributed by atoms with van der Waals surface area (Å²) in [5.74, 6) is 0.955. The molecule has 0 radical (unpaired) electrons. The fraction of sp³-hybridized carbons (Fsp3) is 0.438. The number of rotatable bonds is 6. The van der Waals surface area contributed by atoms with Crippen molar-refractivity contribution in [3.63, 3.8) is 0 Å². The van der Waals surface area contributed by atoms with Crippen molar-refractivity contribution in [2.75, 3.05) is 13.1 Å². The third-order valence-electron chi connectivity index (χ3n) is 3.92. The number of hydrogen-bond donors (Lipinski definition) is 2. The molecule has 1 aromatic heterocycles. The number of benzene rings is 1. The van der Waals surface area contributed by atoms with E-state index in [0.717, 1.165) is 18.0 Å². The Kier molecular flexibility index (Phi) is 3.76. The average molecular weight is 255 g/mol. The first-order valence-electron chi connectivity index (χ1n) is 7.15. The van der Waals surface area contributed by atoms with Crippen LogP contribution >= 0.6 is 0 Å². The minimum atomic E-state index is 0.206. The van der Waals surface area contributed by atoms with Crippen molar-refractivity contribution < 1.29 is 0 Å². The molecule has 0 bridgehead atoms. The Hall–Kier alpha value is -1.45. The summed E-state index contributed by atoms with van der Waals surface area (Å²) in [6.45, 7) is 1.66. The van der Waals surface area contributed by atoms with E-state index < -0.39 is 0 Å². The second-order valence-electron chi connectivity index (χ2n) is 5.40. The lowest BCUT2D eigenvalue weighted by molar-refractivity contribution is 0.518. The van der Waals surface area contributed by atoms with Gasteiger partial charge in [-0.15, -0.1) is 0 Å². The van der Waals surface area contributed by atoms with Gasteiger partial charge in [0.15, 0.2) is 0 Å². The van der Waals surface area contributed by atoms with Crippen LogP contribution in [-0.2, 0) is 0 Å². The molecule has 0 saturated heterocycles. The molecule has 3 rings (SSSR count). The van der Waals surface area contributed by atoms with Gasteiger partial charge in [-0.1, -0.05) is 37.1 Å². The SMILES string of the molecule is NCC(NCCC1CC1)c1cccc2cccnc12. The van der Waals surface area contributed by atoms with E-state index in [-0.39, 0.29) is 6.04 Å². The van der Waals surface area contributed by atoms with Gasteiger partial charge in [0, 0.05) is 24.2 Å². The van der Waals surface area contributed by atoms with Gasteiger partial charge < -0.3 is 11.1 Å². The monoisotopic (exact) mass is 255 g/mol. The lowest BCUT2D eigenvalue weighted by Crippen LogP contribution is -2.29. The molecule has 100 valence electrons. The normalized spacial score (nSPS) is 16.7. The predicted octanol–water partition coefficient (Wildman–Crippen LogP) is 2.62. The highest BCUT2D eigenvalue weighted by Gasteiger charge is 2.21. The maximum absolute atomic E-state index is 5.94. The lowest BCUT2D eigenvalue weighted by Gasteiger charge is -2.18. The molecule has 19 heavy (non-hydrogen) atoms. The number of hydrogen-bond acceptors (Lipinski definition) is 3. The van der Waals surface area contributed by atoms with E-state index >= 15 is 0 Å². The minimum absolute atomic E-state index is 0.206. The molecule has 1 saturated carbocycles. The van der Waals surface area contributed by atoms with E-state index in [9.17, 15) is 0 Å². The Balaban J connectivity index is 1.79. The van der Waals surface area contributed by atoms with Gasteiger partial charge in [-0.25, -0.2) is 0 Å². The zero-order valence-corrected chi connectivity index (χ0v) is 11.2. The van der Waals surface area contributed by atoms with Crippen molar-refractivity contribution in [3.05, 3.63) is 42.1 Å². The Bertz CT molecular complexity index is 543. The van der Waals surface area contributed by atoms with Crippen molar-refractivity contribution in [2.24, 2.45) is 11.7 Å². The van der Waals surface area contributed by atoms with Crippen LogP contribution in [-0.4, -0.2) is 18.1 Å². The number of nitrogens with zero attached hydrogens (tertiary/aromatic N) is 1. The molecule has 1 aliphatic rings. The highest BCUT2D eigenvalue weighted by atomic mass is 14.9. The molecule has 0 amide bonds. The number of nitrogens with two attached hydrogens (primary N) is 1.